The molecule has 5 heterocycles. The van der Waals surface area contributed by atoms with Gasteiger partial charge in [-0.05, 0) is 32.4 Å². The van der Waals surface area contributed by atoms with Crippen LogP contribution in [0.15, 0.2) is 36.8 Å². The second-order valence-corrected chi connectivity index (χ2v) is 11.1. The molecule has 0 aliphatic carbocycles. The highest BCUT2D eigenvalue weighted by Crippen LogP contribution is 2.41. The van der Waals surface area contributed by atoms with E-state index in [1.54, 1.807) is 13.3 Å². The van der Waals surface area contributed by atoms with Crippen LogP contribution in [0.1, 0.15) is 37.5 Å². The number of nitrogens with zero attached hydrogens (tertiary/aromatic N) is 6. The number of halogens is 2. The number of nitrogens with one attached hydrogen (secondary N) is 1. The Morgan fingerprint density at radius 2 is 1.85 bits per heavy atom. The Kier molecular flexibility index (Phi) is 6.50. The molecule has 6 rings (SSSR count). The van der Waals surface area contributed by atoms with Crippen LogP contribution in [-0.4, -0.2) is 63.9 Å². The molecule has 1 N–H and O–H groups in total. The highest BCUT2D eigenvalue weighted by atomic mass is 35.5. The second kappa shape index (κ2) is 9.87. The topological polar surface area (TPSA) is 103 Å². The Morgan fingerprint density at radius 3 is 2.49 bits per heavy atom. The highest BCUT2D eigenvalue weighted by molar-refractivity contribution is 6.35. The first-order chi connectivity index (χ1) is 18.8. The van der Waals surface area contributed by atoms with Crippen molar-refractivity contribution in [1.29, 1.82) is 5.26 Å². The van der Waals surface area contributed by atoms with Crippen LogP contribution in [0.4, 0.5) is 5.82 Å². The average molecular weight is 564 g/mol. The van der Waals surface area contributed by atoms with Crippen molar-refractivity contribution in [3.8, 4) is 28.8 Å². The van der Waals surface area contributed by atoms with Crippen LogP contribution in [0.3, 0.4) is 0 Å². The molecule has 2 saturated heterocycles. The summed E-state index contributed by atoms with van der Waals surface area (Å²) in [6.07, 6.45) is 5.62. The van der Waals surface area contributed by atoms with Gasteiger partial charge < -0.3 is 14.4 Å². The summed E-state index contributed by atoms with van der Waals surface area (Å²) in [5.41, 5.74) is 3.47. The van der Waals surface area contributed by atoms with Gasteiger partial charge in [-0.2, -0.15) is 10.4 Å². The van der Waals surface area contributed by atoms with E-state index in [1.807, 2.05) is 25.1 Å². The predicted molar refractivity (Wildman–Crippen MR) is 151 cm³/mol. The van der Waals surface area contributed by atoms with E-state index in [0.29, 0.717) is 44.2 Å². The smallest absolute Gasteiger partial charge is 0.162 e. The van der Waals surface area contributed by atoms with Crippen LogP contribution in [0, 0.1) is 11.3 Å². The van der Waals surface area contributed by atoms with Crippen LogP contribution < -0.4 is 14.4 Å². The van der Waals surface area contributed by atoms with Gasteiger partial charge in [0, 0.05) is 67.3 Å². The molecular weight excluding hydrogens is 537 g/mol. The molecule has 0 saturated carbocycles. The van der Waals surface area contributed by atoms with E-state index in [2.05, 4.69) is 38.0 Å². The van der Waals surface area contributed by atoms with Gasteiger partial charge in [-0.25, -0.2) is 4.98 Å². The SMILES string of the molecule is COc1cc2[nH]nc(-c3cnc(N4CC(C)(N5CCC5)C4)c(C#N)c3)c2cc1O[C@H](C)c1c(Cl)cncc1Cl. The molecule has 2 aliphatic rings. The van der Waals surface area contributed by atoms with Crippen molar-refractivity contribution in [3.05, 3.63) is 58.0 Å². The standard InChI is InChI=1S/C28H27Cl2N7O2/c1-16(25-20(29)12-32-13-21(25)30)39-24-8-19-22(9-23(24)38-3)34-35-26(19)18-7-17(10-31)27(33-11-18)36-14-28(2,15-36)37-5-4-6-37/h7-9,11-13,16H,4-6,14-15H2,1-3H3,(H,34,35)/t16-/m1/s1. The molecule has 0 radical (unpaired) electrons. The number of H-pyrrole nitrogens is 1. The Morgan fingerprint density at radius 1 is 1.10 bits per heavy atom. The molecule has 0 amide bonds. The third-order valence-electron chi connectivity index (χ3n) is 7.69. The predicted octanol–water partition coefficient (Wildman–Crippen LogP) is 5.63. The lowest BCUT2D eigenvalue weighted by Crippen LogP contribution is -2.71. The molecule has 2 aliphatic heterocycles. The number of fused-ring (bicyclic) bond motifs is 1. The molecular formula is C28H27Cl2N7O2. The molecule has 200 valence electrons. The Labute approximate surface area is 236 Å². The van der Waals surface area contributed by atoms with Gasteiger partial charge in [0.15, 0.2) is 11.5 Å². The third kappa shape index (κ3) is 4.42. The molecule has 4 aromatic rings. The van der Waals surface area contributed by atoms with Gasteiger partial charge >= 0.3 is 0 Å². The fourth-order valence-corrected chi connectivity index (χ4v) is 6.13. The van der Waals surface area contributed by atoms with Crippen LogP contribution in [0.5, 0.6) is 11.5 Å². The molecule has 2 fully saturated rings. The van der Waals surface area contributed by atoms with Gasteiger partial charge in [-0.15, -0.1) is 0 Å². The van der Waals surface area contributed by atoms with Gasteiger partial charge in [0.2, 0.25) is 0 Å². The number of anilines is 1. The quantitative estimate of drug-likeness (QED) is 0.308. The van der Waals surface area contributed by atoms with E-state index >= 15 is 0 Å². The van der Waals surface area contributed by atoms with Gasteiger partial charge in [-0.3, -0.25) is 15.0 Å². The summed E-state index contributed by atoms with van der Waals surface area (Å²) < 4.78 is 11.9. The number of aromatic amines is 1. The molecule has 0 unspecified atom stereocenters. The number of pyridine rings is 2. The average Bonchev–Trinajstić information content (AvgIpc) is 3.27. The first-order valence-corrected chi connectivity index (χ1v) is 13.5. The minimum atomic E-state index is -0.473. The van der Waals surface area contributed by atoms with Crippen molar-refractivity contribution < 1.29 is 9.47 Å². The largest absolute Gasteiger partial charge is 0.493 e. The van der Waals surface area contributed by atoms with Crippen LogP contribution in [0.25, 0.3) is 22.2 Å². The monoisotopic (exact) mass is 563 g/mol. The van der Waals surface area contributed by atoms with Crippen LogP contribution in [0.2, 0.25) is 10.0 Å². The zero-order chi connectivity index (χ0) is 27.3. The molecule has 0 bridgehead atoms. The number of nitriles is 1. The third-order valence-corrected chi connectivity index (χ3v) is 8.29. The van der Waals surface area contributed by atoms with Gasteiger partial charge in [-0.1, -0.05) is 23.2 Å². The Bertz CT molecular complexity index is 1590. The van der Waals surface area contributed by atoms with Crippen molar-refractivity contribution >= 4 is 39.9 Å². The maximum atomic E-state index is 9.97. The van der Waals surface area contributed by atoms with Crippen molar-refractivity contribution in [3.63, 3.8) is 0 Å². The van der Waals surface area contributed by atoms with E-state index in [1.165, 1.54) is 18.8 Å². The summed E-state index contributed by atoms with van der Waals surface area (Å²) >= 11 is 12.7. The zero-order valence-electron chi connectivity index (χ0n) is 21.8. The lowest BCUT2D eigenvalue weighted by molar-refractivity contribution is 0.0206. The number of ether oxygens (including phenoxy) is 2. The van der Waals surface area contributed by atoms with E-state index in [-0.39, 0.29) is 5.54 Å². The lowest BCUT2D eigenvalue weighted by atomic mass is 9.87. The zero-order valence-corrected chi connectivity index (χ0v) is 23.3. The summed E-state index contributed by atoms with van der Waals surface area (Å²) in [7, 11) is 1.58. The maximum Gasteiger partial charge on any atom is 0.162 e. The fraction of sp³-hybridized carbons (Fsp3) is 0.357. The fourth-order valence-electron chi connectivity index (χ4n) is 5.46. The number of aromatic nitrogens is 4. The Hall–Kier alpha value is -3.58. The summed E-state index contributed by atoms with van der Waals surface area (Å²) in [4.78, 5) is 13.4. The molecule has 39 heavy (non-hydrogen) atoms. The molecule has 0 spiro atoms. The van der Waals surface area contributed by atoms with E-state index in [4.69, 9.17) is 37.7 Å². The van der Waals surface area contributed by atoms with Crippen molar-refractivity contribution in [2.75, 3.05) is 38.2 Å². The maximum absolute atomic E-state index is 9.97. The van der Waals surface area contributed by atoms with Gasteiger partial charge in [0.05, 0.1) is 33.8 Å². The number of hydrogen-bond acceptors (Lipinski definition) is 8. The first-order valence-electron chi connectivity index (χ1n) is 12.7. The molecule has 11 heteroatoms. The second-order valence-electron chi connectivity index (χ2n) is 10.3. The number of hydrogen-bond donors (Lipinski definition) is 1. The summed E-state index contributed by atoms with van der Waals surface area (Å²) in [6, 6.07) is 7.87. The number of rotatable bonds is 7. The van der Waals surface area contributed by atoms with Crippen LogP contribution >= 0.6 is 23.2 Å². The highest BCUT2D eigenvalue weighted by Gasteiger charge is 2.46. The number of methoxy groups -OCH3 is 1. The minimum absolute atomic E-state index is 0.154. The van der Waals surface area contributed by atoms with E-state index in [0.717, 1.165) is 42.6 Å². The van der Waals surface area contributed by atoms with E-state index in [9.17, 15) is 5.26 Å². The molecule has 1 aromatic carbocycles. The Balaban J connectivity index is 1.31. The lowest BCUT2D eigenvalue weighted by Gasteiger charge is -2.57. The normalized spacial score (nSPS) is 17.3. The van der Waals surface area contributed by atoms with Gasteiger partial charge in [0.25, 0.3) is 0 Å². The molecule has 9 nitrogen and oxygen atoms in total. The van der Waals surface area contributed by atoms with Crippen molar-refractivity contribution in [1.82, 2.24) is 25.1 Å². The summed E-state index contributed by atoms with van der Waals surface area (Å²) in [5, 5.41) is 19.2. The van der Waals surface area contributed by atoms with Crippen LogP contribution in [-0.2, 0) is 0 Å². The van der Waals surface area contributed by atoms with Crippen molar-refractivity contribution in [2.24, 2.45) is 0 Å². The molecule has 3 aromatic heterocycles. The number of benzene rings is 1. The summed E-state index contributed by atoms with van der Waals surface area (Å²) in [5.74, 6) is 1.74. The van der Waals surface area contributed by atoms with Gasteiger partial charge in [0.1, 0.15) is 23.7 Å². The van der Waals surface area contributed by atoms with Crippen molar-refractivity contribution in [2.45, 2.75) is 31.9 Å². The minimum Gasteiger partial charge on any atom is -0.493 e. The van der Waals surface area contributed by atoms with E-state index < -0.39 is 6.10 Å². The molecule has 1 atom stereocenters. The number of likely N-dealkylation sites (tertiary alicyclic amines) is 1. The first kappa shape index (κ1) is 25.7. The summed E-state index contributed by atoms with van der Waals surface area (Å²) in [6.45, 7) is 8.16.